The van der Waals surface area contributed by atoms with Crippen LogP contribution in [0.2, 0.25) is 0 Å². The Kier molecular flexibility index (Phi) is 32.2. The quantitative estimate of drug-likeness (QED) is 0.0212. The zero-order chi connectivity index (χ0) is 36.4. The van der Waals surface area contributed by atoms with E-state index in [0.717, 1.165) is 57.8 Å². The van der Waals surface area contributed by atoms with Crippen molar-refractivity contribution in [2.24, 2.45) is 0 Å². The van der Waals surface area contributed by atoms with Gasteiger partial charge in [0.05, 0.1) is 13.2 Å². The van der Waals surface area contributed by atoms with E-state index in [0.29, 0.717) is 12.8 Å². The first-order valence-electron chi connectivity index (χ1n) is 19.2. The summed E-state index contributed by atoms with van der Waals surface area (Å²) in [7, 11) is -4.74. The minimum Gasteiger partial charge on any atom is -0.480 e. The van der Waals surface area contributed by atoms with E-state index in [4.69, 9.17) is 13.8 Å². The van der Waals surface area contributed by atoms with E-state index in [9.17, 15) is 34.1 Å². The van der Waals surface area contributed by atoms with Crippen LogP contribution in [0.4, 0.5) is 0 Å². The topological polar surface area (TPSA) is 169 Å². The molecule has 0 aliphatic carbocycles. The van der Waals surface area contributed by atoms with E-state index in [1.54, 1.807) is 0 Å². The van der Waals surface area contributed by atoms with Crippen molar-refractivity contribution in [2.75, 3.05) is 19.8 Å². The number of aliphatic hydroxyl groups is 1. The number of phosphoric acid groups is 1. The number of amides is 1. The summed E-state index contributed by atoms with van der Waals surface area (Å²) in [6.45, 7) is 2.53. The van der Waals surface area contributed by atoms with Crippen LogP contribution in [0, 0.1) is 0 Å². The molecule has 0 saturated heterocycles. The highest BCUT2D eigenvalue weighted by atomic mass is 31.2. The number of ether oxygens (including phenoxy) is 1. The Labute approximate surface area is 296 Å². The Balaban J connectivity index is 3.96. The van der Waals surface area contributed by atoms with E-state index in [-0.39, 0.29) is 12.8 Å². The molecule has 0 aliphatic heterocycles. The van der Waals surface area contributed by atoms with Gasteiger partial charge >= 0.3 is 19.8 Å². The maximum absolute atomic E-state index is 12.2. The van der Waals surface area contributed by atoms with Gasteiger partial charge in [0.15, 0.2) is 6.04 Å². The first-order valence-corrected chi connectivity index (χ1v) is 20.7. The van der Waals surface area contributed by atoms with E-state index in [1.807, 2.05) is 0 Å². The summed E-state index contributed by atoms with van der Waals surface area (Å²) in [6.07, 6.45) is 29.6. The predicted octanol–water partition coefficient (Wildman–Crippen LogP) is 8.94. The number of carboxylic acid groups (broad SMARTS) is 1. The third-order valence-electron chi connectivity index (χ3n) is 8.30. The number of carbonyl (C=O) groups excluding carboxylic acids is 2. The fourth-order valence-electron chi connectivity index (χ4n) is 5.24. The number of carboxylic acids is 1. The number of rotatable bonds is 36. The average Bonchev–Trinajstić information content (AvgIpc) is 3.07. The second kappa shape index (κ2) is 33.4. The molecule has 12 heteroatoms. The molecule has 0 fully saturated rings. The average molecular weight is 720 g/mol. The Morgan fingerprint density at radius 2 is 1.08 bits per heavy atom. The molecule has 0 aromatic rings. The number of aliphatic carboxylic acids is 1. The Bertz CT molecular complexity index is 900. The highest BCUT2D eigenvalue weighted by Gasteiger charge is 2.28. The molecule has 0 bridgehead atoms. The van der Waals surface area contributed by atoms with Crippen LogP contribution < -0.4 is 5.32 Å². The molecule has 0 saturated carbocycles. The fraction of sp³-hybridized carbons (Fsp3) is 0.865. The van der Waals surface area contributed by atoms with Gasteiger partial charge in [0.1, 0.15) is 12.7 Å². The smallest absolute Gasteiger partial charge is 0.472 e. The van der Waals surface area contributed by atoms with Crippen LogP contribution in [0.25, 0.3) is 0 Å². The van der Waals surface area contributed by atoms with Crippen molar-refractivity contribution in [2.45, 2.75) is 187 Å². The number of carbonyl (C=O) groups is 3. The SMILES string of the molecule is CCCC/C=C\CCCCCCCC(=O)OCC(O)COP(=O)(O)OCC(NC(=O)CCCCCCCCCCCCCCCC)C(=O)O. The third kappa shape index (κ3) is 33.1. The molecule has 0 radical (unpaired) electrons. The van der Waals surface area contributed by atoms with Gasteiger partial charge < -0.3 is 25.2 Å². The molecule has 11 nitrogen and oxygen atoms in total. The molecule has 3 atom stereocenters. The van der Waals surface area contributed by atoms with E-state index < -0.39 is 57.6 Å². The van der Waals surface area contributed by atoms with Crippen LogP contribution in [0.15, 0.2) is 12.2 Å². The number of allylic oxidation sites excluding steroid dienone is 2. The molecular formula is C37H70NO10P. The highest BCUT2D eigenvalue weighted by molar-refractivity contribution is 7.47. The van der Waals surface area contributed by atoms with Crippen molar-refractivity contribution in [3.05, 3.63) is 12.2 Å². The van der Waals surface area contributed by atoms with Crippen molar-refractivity contribution in [3.63, 3.8) is 0 Å². The van der Waals surface area contributed by atoms with E-state index in [2.05, 4.69) is 31.3 Å². The van der Waals surface area contributed by atoms with Crippen LogP contribution in [0.3, 0.4) is 0 Å². The lowest BCUT2D eigenvalue weighted by Crippen LogP contribution is -2.43. The summed E-state index contributed by atoms with van der Waals surface area (Å²) in [5.41, 5.74) is 0. The van der Waals surface area contributed by atoms with Gasteiger partial charge in [-0.1, -0.05) is 142 Å². The maximum Gasteiger partial charge on any atom is 0.472 e. The van der Waals surface area contributed by atoms with Crippen LogP contribution in [-0.4, -0.2) is 64.9 Å². The van der Waals surface area contributed by atoms with Crippen molar-refractivity contribution >= 4 is 25.7 Å². The summed E-state index contributed by atoms with van der Waals surface area (Å²) in [6, 6.07) is -1.54. The first kappa shape index (κ1) is 47.2. The zero-order valence-electron chi connectivity index (χ0n) is 30.8. The van der Waals surface area contributed by atoms with Gasteiger partial charge in [0.2, 0.25) is 5.91 Å². The second-order valence-electron chi connectivity index (χ2n) is 13.1. The molecule has 288 valence electrons. The second-order valence-corrected chi connectivity index (χ2v) is 14.6. The van der Waals surface area contributed by atoms with Gasteiger partial charge in [-0.2, -0.15) is 0 Å². The van der Waals surface area contributed by atoms with Gasteiger partial charge in [-0.3, -0.25) is 18.6 Å². The predicted molar refractivity (Wildman–Crippen MR) is 194 cm³/mol. The minimum atomic E-state index is -4.74. The van der Waals surface area contributed by atoms with Crippen molar-refractivity contribution in [1.82, 2.24) is 5.32 Å². The highest BCUT2D eigenvalue weighted by Crippen LogP contribution is 2.43. The first-order chi connectivity index (χ1) is 23.6. The van der Waals surface area contributed by atoms with E-state index in [1.165, 1.54) is 77.0 Å². The summed E-state index contributed by atoms with van der Waals surface area (Å²) in [5.74, 6) is -2.38. The number of unbranched alkanes of at least 4 members (excludes halogenated alkanes) is 20. The van der Waals surface area contributed by atoms with Crippen LogP contribution >= 0.6 is 7.82 Å². The summed E-state index contributed by atoms with van der Waals surface area (Å²) in [5, 5.41) is 21.7. The summed E-state index contributed by atoms with van der Waals surface area (Å²) in [4.78, 5) is 45.6. The number of nitrogens with one attached hydrogen (secondary N) is 1. The van der Waals surface area contributed by atoms with Gasteiger partial charge in [0.25, 0.3) is 0 Å². The molecule has 0 aromatic heterocycles. The van der Waals surface area contributed by atoms with Gasteiger partial charge in [0, 0.05) is 12.8 Å². The molecule has 49 heavy (non-hydrogen) atoms. The van der Waals surface area contributed by atoms with Crippen molar-refractivity contribution in [1.29, 1.82) is 0 Å². The van der Waals surface area contributed by atoms with Crippen molar-refractivity contribution in [3.8, 4) is 0 Å². The van der Waals surface area contributed by atoms with E-state index >= 15 is 0 Å². The van der Waals surface area contributed by atoms with Crippen LogP contribution in [0.5, 0.6) is 0 Å². The number of hydrogen-bond donors (Lipinski definition) is 4. The number of phosphoric ester groups is 1. The Morgan fingerprint density at radius 3 is 1.61 bits per heavy atom. The van der Waals surface area contributed by atoms with Gasteiger partial charge in [-0.25, -0.2) is 9.36 Å². The normalized spacial score (nSPS) is 14.0. The summed E-state index contributed by atoms with van der Waals surface area (Å²) >= 11 is 0. The van der Waals surface area contributed by atoms with Crippen molar-refractivity contribution < 1.29 is 47.8 Å². The Hall–Kier alpha value is -1.78. The fourth-order valence-corrected chi connectivity index (χ4v) is 6.01. The lowest BCUT2D eigenvalue weighted by atomic mass is 10.0. The monoisotopic (exact) mass is 719 g/mol. The lowest BCUT2D eigenvalue weighted by Gasteiger charge is -2.18. The molecule has 0 spiro atoms. The number of aliphatic hydroxyl groups excluding tert-OH is 1. The molecule has 0 aliphatic rings. The molecular weight excluding hydrogens is 649 g/mol. The van der Waals surface area contributed by atoms with Gasteiger partial charge in [-0.15, -0.1) is 0 Å². The minimum absolute atomic E-state index is 0.150. The zero-order valence-corrected chi connectivity index (χ0v) is 31.6. The van der Waals surface area contributed by atoms with Gasteiger partial charge in [-0.05, 0) is 32.1 Å². The molecule has 1 amide bonds. The molecule has 4 N–H and O–H groups in total. The molecule has 0 heterocycles. The molecule has 0 rings (SSSR count). The third-order valence-corrected chi connectivity index (χ3v) is 9.26. The number of esters is 1. The standard InChI is InChI=1S/C37H70NO10P/c1-3-5-7-9-11-13-15-16-17-19-20-22-24-26-28-35(40)38-34(37(42)43)32-48-49(44,45)47-31-33(39)30-46-36(41)29-27-25-23-21-18-14-12-10-8-6-4-2/h10,12,33-34,39H,3-9,11,13-32H2,1-2H3,(H,38,40)(H,42,43)(H,44,45)/b12-10-. The Morgan fingerprint density at radius 1 is 0.633 bits per heavy atom. The largest absolute Gasteiger partial charge is 0.480 e. The maximum atomic E-state index is 12.2. The van der Waals surface area contributed by atoms with Crippen LogP contribution in [-0.2, 0) is 32.7 Å². The number of hydrogen-bond acceptors (Lipinski definition) is 8. The molecule has 0 aromatic carbocycles. The summed E-state index contributed by atoms with van der Waals surface area (Å²) < 4.78 is 26.7. The molecule has 3 unspecified atom stereocenters. The van der Waals surface area contributed by atoms with Crippen LogP contribution in [0.1, 0.15) is 174 Å². The lowest BCUT2D eigenvalue weighted by molar-refractivity contribution is -0.147.